The molecule has 0 aliphatic carbocycles. The normalized spacial score (nSPS) is 15.4. The van der Waals surface area contributed by atoms with Gasteiger partial charge in [0.1, 0.15) is 0 Å². The molecule has 14 heavy (non-hydrogen) atoms. The van der Waals surface area contributed by atoms with Gasteiger partial charge in [0, 0.05) is 5.03 Å². The summed E-state index contributed by atoms with van der Waals surface area (Å²) in [6, 6.07) is 0. The van der Waals surface area contributed by atoms with Crippen LogP contribution in [-0.4, -0.2) is 11.7 Å². The highest BCUT2D eigenvalue weighted by molar-refractivity contribution is 6.30. The Bertz CT molecular complexity index is 223. The van der Waals surface area contributed by atoms with Crippen LogP contribution in [-0.2, 0) is 4.74 Å². The van der Waals surface area contributed by atoms with E-state index in [-0.39, 0.29) is 11.7 Å². The fourth-order valence-corrected chi connectivity index (χ4v) is 1.25. The van der Waals surface area contributed by atoms with E-state index in [0.29, 0.717) is 0 Å². The number of rotatable bonds is 4. The first-order chi connectivity index (χ1) is 6.26. The number of hydrogen-bond acceptors (Lipinski definition) is 1. The van der Waals surface area contributed by atoms with Gasteiger partial charge in [-0.05, 0) is 41.0 Å². The summed E-state index contributed by atoms with van der Waals surface area (Å²) in [5, 5.41) is 0.753. The van der Waals surface area contributed by atoms with Crippen LogP contribution >= 0.6 is 11.6 Å². The Hall–Kier alpha value is -0.270. The molecule has 0 saturated heterocycles. The zero-order valence-corrected chi connectivity index (χ0v) is 10.6. The van der Waals surface area contributed by atoms with Crippen LogP contribution in [0.15, 0.2) is 23.3 Å². The van der Waals surface area contributed by atoms with Crippen molar-refractivity contribution in [1.82, 2.24) is 0 Å². The smallest absolute Gasteiger partial charge is 0.0970 e. The highest BCUT2D eigenvalue weighted by Crippen LogP contribution is 2.23. The van der Waals surface area contributed by atoms with Gasteiger partial charge >= 0.3 is 0 Å². The lowest BCUT2D eigenvalue weighted by atomic mass is 10.1. The summed E-state index contributed by atoms with van der Waals surface area (Å²) in [5.41, 5.74) is 0.905. The number of ether oxygens (including phenoxy) is 1. The predicted molar refractivity (Wildman–Crippen MR) is 63.7 cm³/mol. The summed E-state index contributed by atoms with van der Waals surface area (Å²) in [6.45, 7) is 13.9. The lowest BCUT2D eigenvalue weighted by Crippen LogP contribution is -2.27. The molecule has 0 bridgehead atoms. The first-order valence-corrected chi connectivity index (χ1v) is 5.28. The summed E-state index contributed by atoms with van der Waals surface area (Å²) < 4.78 is 5.84. The zero-order chi connectivity index (χ0) is 11.4. The largest absolute Gasteiger partial charge is 0.367 e. The van der Waals surface area contributed by atoms with Crippen molar-refractivity contribution < 1.29 is 4.74 Å². The van der Waals surface area contributed by atoms with Crippen LogP contribution in [0.4, 0.5) is 0 Å². The molecule has 0 heterocycles. The summed E-state index contributed by atoms with van der Waals surface area (Å²) in [4.78, 5) is 0. The minimum absolute atomic E-state index is 0.0563. The molecule has 2 heteroatoms. The monoisotopic (exact) mass is 216 g/mol. The highest BCUT2D eigenvalue weighted by Gasteiger charge is 2.20. The molecule has 0 amide bonds. The van der Waals surface area contributed by atoms with Gasteiger partial charge < -0.3 is 4.74 Å². The first-order valence-electron chi connectivity index (χ1n) is 4.90. The molecular formula is C12H21ClO. The van der Waals surface area contributed by atoms with Crippen LogP contribution < -0.4 is 0 Å². The van der Waals surface area contributed by atoms with E-state index in [1.807, 2.05) is 40.7 Å². The summed E-state index contributed by atoms with van der Waals surface area (Å²) in [5.74, 6) is 0. The molecule has 0 aliphatic heterocycles. The van der Waals surface area contributed by atoms with Gasteiger partial charge in [-0.15, -0.1) is 6.58 Å². The van der Waals surface area contributed by atoms with Crippen LogP contribution in [0.25, 0.3) is 0 Å². The second-order valence-corrected chi connectivity index (χ2v) is 4.99. The third-order valence-corrected chi connectivity index (χ3v) is 2.07. The Morgan fingerprint density at radius 3 is 2.29 bits per heavy atom. The third kappa shape index (κ3) is 6.22. The van der Waals surface area contributed by atoms with Crippen LogP contribution in [0.5, 0.6) is 0 Å². The number of halogens is 1. The Balaban J connectivity index is 4.49. The van der Waals surface area contributed by atoms with Crippen LogP contribution in [0.1, 0.15) is 41.0 Å². The maximum atomic E-state index is 6.08. The Labute approximate surface area is 92.8 Å². The fourth-order valence-electron chi connectivity index (χ4n) is 1.12. The van der Waals surface area contributed by atoms with Crippen molar-refractivity contribution in [2.75, 3.05) is 0 Å². The summed E-state index contributed by atoms with van der Waals surface area (Å²) in [6.07, 6.45) is 2.60. The lowest BCUT2D eigenvalue weighted by molar-refractivity contribution is -0.0393. The van der Waals surface area contributed by atoms with E-state index in [4.69, 9.17) is 16.3 Å². The van der Waals surface area contributed by atoms with Crippen molar-refractivity contribution in [1.29, 1.82) is 0 Å². The van der Waals surface area contributed by atoms with Gasteiger partial charge in [-0.2, -0.15) is 0 Å². The quantitative estimate of drug-likeness (QED) is 0.638. The Morgan fingerprint density at radius 1 is 1.50 bits per heavy atom. The first kappa shape index (κ1) is 13.7. The zero-order valence-electron chi connectivity index (χ0n) is 9.86. The van der Waals surface area contributed by atoms with Crippen molar-refractivity contribution in [2.45, 2.75) is 52.7 Å². The molecule has 0 N–H and O–H groups in total. The molecule has 0 aliphatic rings. The van der Waals surface area contributed by atoms with E-state index < -0.39 is 0 Å². The van der Waals surface area contributed by atoms with E-state index in [2.05, 4.69) is 6.58 Å². The molecule has 0 radical (unpaired) electrons. The Kier molecular flexibility index (Phi) is 5.46. The lowest BCUT2D eigenvalue weighted by Gasteiger charge is -2.27. The van der Waals surface area contributed by atoms with Gasteiger partial charge in [-0.25, -0.2) is 0 Å². The molecule has 0 aromatic rings. The fraction of sp³-hybridized carbons (Fsp3) is 0.667. The average molecular weight is 217 g/mol. The molecule has 0 aromatic heterocycles. The van der Waals surface area contributed by atoms with Gasteiger partial charge in [0.25, 0.3) is 0 Å². The molecule has 0 aromatic carbocycles. The molecule has 0 fully saturated rings. The highest BCUT2D eigenvalue weighted by atomic mass is 35.5. The van der Waals surface area contributed by atoms with Gasteiger partial charge in [-0.3, -0.25) is 0 Å². The summed E-state index contributed by atoms with van der Waals surface area (Å²) in [7, 11) is 0. The molecule has 1 atom stereocenters. The van der Waals surface area contributed by atoms with Crippen molar-refractivity contribution >= 4 is 11.6 Å². The SMILES string of the molecule is C=C(C)CC(OC(C)(C)C)/C(Cl)=C/C. The molecule has 0 saturated carbocycles. The van der Waals surface area contributed by atoms with E-state index >= 15 is 0 Å². The minimum Gasteiger partial charge on any atom is -0.367 e. The van der Waals surface area contributed by atoms with Crippen molar-refractivity contribution in [3.05, 3.63) is 23.3 Å². The topological polar surface area (TPSA) is 9.23 Å². The maximum absolute atomic E-state index is 6.08. The molecule has 0 spiro atoms. The summed E-state index contributed by atoms with van der Waals surface area (Å²) >= 11 is 6.08. The van der Waals surface area contributed by atoms with Gasteiger partial charge in [0.15, 0.2) is 0 Å². The molecular weight excluding hydrogens is 196 g/mol. The third-order valence-electron chi connectivity index (χ3n) is 1.61. The van der Waals surface area contributed by atoms with Gasteiger partial charge in [0.05, 0.1) is 11.7 Å². The van der Waals surface area contributed by atoms with E-state index in [1.54, 1.807) is 0 Å². The molecule has 0 rings (SSSR count). The van der Waals surface area contributed by atoms with Crippen LogP contribution in [0.2, 0.25) is 0 Å². The van der Waals surface area contributed by atoms with Crippen LogP contribution in [0, 0.1) is 0 Å². The Morgan fingerprint density at radius 2 is 2.00 bits per heavy atom. The van der Waals surface area contributed by atoms with E-state index in [0.717, 1.165) is 17.0 Å². The second kappa shape index (κ2) is 5.57. The second-order valence-electron chi connectivity index (χ2n) is 4.55. The maximum Gasteiger partial charge on any atom is 0.0970 e. The van der Waals surface area contributed by atoms with Crippen molar-refractivity contribution in [3.63, 3.8) is 0 Å². The van der Waals surface area contributed by atoms with Crippen molar-refractivity contribution in [2.24, 2.45) is 0 Å². The number of hydrogen-bond donors (Lipinski definition) is 0. The average Bonchev–Trinajstić information content (AvgIpc) is 1.98. The standard InChI is InChI=1S/C12H21ClO/c1-7-10(13)11(8-9(2)3)14-12(4,5)6/h7,11H,2,8H2,1,3-6H3/b10-7-. The van der Waals surface area contributed by atoms with Crippen molar-refractivity contribution in [3.8, 4) is 0 Å². The number of allylic oxidation sites excluding steroid dienone is 1. The van der Waals surface area contributed by atoms with E-state index in [1.165, 1.54) is 0 Å². The predicted octanol–water partition coefficient (Wildman–Crippen LogP) is 4.28. The van der Waals surface area contributed by atoms with Crippen LogP contribution in [0.3, 0.4) is 0 Å². The van der Waals surface area contributed by atoms with Gasteiger partial charge in [0.2, 0.25) is 0 Å². The molecule has 1 unspecified atom stereocenters. The van der Waals surface area contributed by atoms with E-state index in [9.17, 15) is 0 Å². The molecule has 1 nitrogen and oxygen atoms in total. The van der Waals surface area contributed by atoms with Gasteiger partial charge in [-0.1, -0.05) is 23.3 Å². The molecule has 82 valence electrons. The minimum atomic E-state index is -0.177.